The Morgan fingerprint density at radius 1 is 1.50 bits per heavy atom. The summed E-state index contributed by atoms with van der Waals surface area (Å²) in [7, 11) is -3.50. The second kappa shape index (κ2) is 6.16. The van der Waals surface area contributed by atoms with Crippen molar-refractivity contribution in [1.29, 1.82) is 0 Å². The molecule has 0 aromatic carbocycles. The van der Waals surface area contributed by atoms with E-state index in [0.717, 1.165) is 5.82 Å². The van der Waals surface area contributed by atoms with E-state index in [-0.39, 0.29) is 11.1 Å². The maximum Gasteiger partial charge on any atom is 0.262 e. The Labute approximate surface area is 117 Å². The summed E-state index contributed by atoms with van der Waals surface area (Å²) in [5.74, 6) is 0.721. The van der Waals surface area contributed by atoms with E-state index in [1.54, 1.807) is 6.20 Å². The molecule has 1 rings (SSSR count). The molecule has 1 heterocycles. The average Bonchev–Trinajstić information content (AvgIpc) is 2.67. The molecule has 0 aliphatic carbocycles. The summed E-state index contributed by atoms with van der Waals surface area (Å²) in [4.78, 5) is 4.16. The third kappa shape index (κ3) is 3.13. The van der Waals surface area contributed by atoms with Crippen LogP contribution < -0.4 is 0 Å². The molecule has 0 saturated carbocycles. The smallest absolute Gasteiger partial charge is 0.262 e. The molecule has 0 unspecified atom stereocenters. The normalized spacial score (nSPS) is 12.6. The first-order chi connectivity index (χ1) is 8.34. The van der Waals surface area contributed by atoms with Gasteiger partial charge in [0, 0.05) is 30.7 Å². The fraction of sp³-hybridized carbons (Fsp3) is 0.727. The number of hydrogen-bond acceptors (Lipinski definition) is 3. The van der Waals surface area contributed by atoms with E-state index in [2.05, 4.69) is 20.9 Å². The molecule has 0 radical (unpaired) electrons. The minimum Gasteiger partial charge on any atom is -0.334 e. The molecule has 0 aliphatic heterocycles. The molecule has 1 aromatic rings. The van der Waals surface area contributed by atoms with Crippen LogP contribution in [0, 0.1) is 6.92 Å². The van der Waals surface area contributed by atoms with Gasteiger partial charge in [-0.05, 0) is 27.7 Å². The maximum atomic E-state index is 12.5. The fourth-order valence-corrected chi connectivity index (χ4v) is 4.03. The van der Waals surface area contributed by atoms with E-state index in [9.17, 15) is 8.42 Å². The lowest BCUT2D eigenvalue weighted by atomic mass is 10.4. The van der Waals surface area contributed by atoms with E-state index in [1.165, 1.54) is 4.31 Å². The number of alkyl halides is 1. The second-order valence-electron chi connectivity index (χ2n) is 4.31. The molecular formula is C11H20BrN3O2S. The van der Waals surface area contributed by atoms with Crippen molar-refractivity contribution in [3.63, 3.8) is 0 Å². The highest BCUT2D eigenvalue weighted by molar-refractivity contribution is 9.09. The second-order valence-corrected chi connectivity index (χ2v) is 6.94. The standard InChI is InChI=1S/C11H20BrN3O2S/c1-5-14-8-11(13-10(14)4)18(16,17)15(7-6-12)9(2)3/h8-9H,5-7H2,1-4H3. The van der Waals surface area contributed by atoms with Gasteiger partial charge < -0.3 is 4.57 Å². The van der Waals surface area contributed by atoms with Crippen LogP contribution in [0.1, 0.15) is 26.6 Å². The third-order valence-electron chi connectivity index (χ3n) is 2.75. The van der Waals surface area contributed by atoms with E-state index in [0.29, 0.717) is 18.4 Å². The third-order valence-corrected chi connectivity index (χ3v) is 5.05. The Bertz CT molecular complexity index is 496. The summed E-state index contributed by atoms with van der Waals surface area (Å²) in [5, 5.41) is 0.745. The lowest BCUT2D eigenvalue weighted by molar-refractivity contribution is 0.370. The lowest BCUT2D eigenvalue weighted by Crippen LogP contribution is -2.38. The van der Waals surface area contributed by atoms with Crippen LogP contribution >= 0.6 is 15.9 Å². The summed E-state index contributed by atoms with van der Waals surface area (Å²) < 4.78 is 28.2. The van der Waals surface area contributed by atoms with Crippen LogP contribution in [0.4, 0.5) is 0 Å². The van der Waals surface area contributed by atoms with E-state index >= 15 is 0 Å². The summed E-state index contributed by atoms with van der Waals surface area (Å²) in [6, 6.07) is -0.0837. The van der Waals surface area contributed by atoms with Gasteiger partial charge in [0.15, 0.2) is 5.03 Å². The number of imidazole rings is 1. The fourth-order valence-electron chi connectivity index (χ4n) is 1.78. The zero-order chi connectivity index (χ0) is 13.9. The van der Waals surface area contributed by atoms with Crippen molar-refractivity contribution in [1.82, 2.24) is 13.9 Å². The molecule has 0 atom stereocenters. The molecule has 0 aliphatic rings. The Hall–Kier alpha value is -0.400. The van der Waals surface area contributed by atoms with Crippen molar-refractivity contribution >= 4 is 26.0 Å². The number of sulfonamides is 1. The van der Waals surface area contributed by atoms with Gasteiger partial charge in [-0.15, -0.1) is 0 Å². The first-order valence-electron chi connectivity index (χ1n) is 5.96. The van der Waals surface area contributed by atoms with Crippen LogP contribution in [-0.2, 0) is 16.6 Å². The van der Waals surface area contributed by atoms with Crippen molar-refractivity contribution in [3.8, 4) is 0 Å². The topological polar surface area (TPSA) is 55.2 Å². The van der Waals surface area contributed by atoms with Crippen molar-refractivity contribution < 1.29 is 8.42 Å². The van der Waals surface area contributed by atoms with Gasteiger partial charge in [0.25, 0.3) is 10.0 Å². The van der Waals surface area contributed by atoms with Gasteiger partial charge in [-0.1, -0.05) is 15.9 Å². The summed E-state index contributed by atoms with van der Waals surface area (Å²) in [6.45, 7) is 8.66. The maximum absolute atomic E-state index is 12.5. The Morgan fingerprint density at radius 2 is 2.11 bits per heavy atom. The summed E-state index contributed by atoms with van der Waals surface area (Å²) in [6.07, 6.45) is 1.61. The molecule has 0 saturated heterocycles. The highest BCUT2D eigenvalue weighted by Crippen LogP contribution is 2.18. The number of rotatable bonds is 6. The molecule has 0 amide bonds. The Morgan fingerprint density at radius 3 is 2.50 bits per heavy atom. The zero-order valence-electron chi connectivity index (χ0n) is 11.2. The number of nitrogens with zero attached hydrogens (tertiary/aromatic N) is 3. The predicted octanol–water partition coefficient (Wildman–Crippen LogP) is 2.01. The molecular weight excluding hydrogens is 318 g/mol. The van der Waals surface area contributed by atoms with E-state index in [4.69, 9.17) is 0 Å². The van der Waals surface area contributed by atoms with Crippen LogP contribution in [0.25, 0.3) is 0 Å². The van der Waals surface area contributed by atoms with Crippen molar-refractivity contribution in [2.24, 2.45) is 0 Å². The number of halogens is 1. The molecule has 0 bridgehead atoms. The number of hydrogen-bond donors (Lipinski definition) is 0. The Kier molecular flexibility index (Phi) is 5.36. The quantitative estimate of drug-likeness (QED) is 0.746. The Balaban J connectivity index is 3.17. The molecule has 1 aromatic heterocycles. The first kappa shape index (κ1) is 15.7. The monoisotopic (exact) mass is 337 g/mol. The lowest BCUT2D eigenvalue weighted by Gasteiger charge is -2.23. The molecule has 0 N–H and O–H groups in total. The number of aromatic nitrogens is 2. The van der Waals surface area contributed by atoms with Crippen LogP contribution in [0.15, 0.2) is 11.2 Å². The van der Waals surface area contributed by atoms with Crippen molar-refractivity contribution in [2.75, 3.05) is 11.9 Å². The van der Waals surface area contributed by atoms with Gasteiger partial charge in [0.1, 0.15) is 5.82 Å². The first-order valence-corrected chi connectivity index (χ1v) is 8.52. The van der Waals surface area contributed by atoms with Crippen molar-refractivity contribution in [3.05, 3.63) is 12.0 Å². The van der Waals surface area contributed by atoms with Crippen LogP contribution in [0.5, 0.6) is 0 Å². The average molecular weight is 338 g/mol. The van der Waals surface area contributed by atoms with Crippen LogP contribution in [0.2, 0.25) is 0 Å². The van der Waals surface area contributed by atoms with Gasteiger partial charge in [0.05, 0.1) is 0 Å². The van der Waals surface area contributed by atoms with E-state index in [1.807, 2.05) is 32.3 Å². The molecule has 0 fully saturated rings. The summed E-state index contributed by atoms with van der Waals surface area (Å²) >= 11 is 3.28. The largest absolute Gasteiger partial charge is 0.334 e. The van der Waals surface area contributed by atoms with Crippen LogP contribution in [0.3, 0.4) is 0 Å². The van der Waals surface area contributed by atoms with Crippen molar-refractivity contribution in [2.45, 2.75) is 45.3 Å². The molecule has 7 heteroatoms. The minimum absolute atomic E-state index is 0.0837. The molecule has 18 heavy (non-hydrogen) atoms. The summed E-state index contributed by atoms with van der Waals surface area (Å²) in [5.41, 5.74) is 0. The van der Waals surface area contributed by atoms with E-state index < -0.39 is 10.0 Å². The SMILES string of the molecule is CCn1cc(S(=O)(=O)N(CCBr)C(C)C)nc1C. The molecule has 104 valence electrons. The van der Waals surface area contributed by atoms with Gasteiger partial charge in [-0.2, -0.15) is 4.31 Å². The van der Waals surface area contributed by atoms with Crippen LogP contribution in [-0.4, -0.2) is 40.2 Å². The van der Waals surface area contributed by atoms with Gasteiger partial charge in [0.2, 0.25) is 0 Å². The minimum atomic E-state index is -3.50. The highest BCUT2D eigenvalue weighted by atomic mass is 79.9. The van der Waals surface area contributed by atoms with Gasteiger partial charge in [-0.25, -0.2) is 13.4 Å². The molecule has 5 nitrogen and oxygen atoms in total. The molecule has 0 spiro atoms. The number of aryl methyl sites for hydroxylation is 2. The van der Waals surface area contributed by atoms with Gasteiger partial charge >= 0.3 is 0 Å². The highest BCUT2D eigenvalue weighted by Gasteiger charge is 2.29. The zero-order valence-corrected chi connectivity index (χ0v) is 13.6. The predicted molar refractivity (Wildman–Crippen MR) is 75.5 cm³/mol. The van der Waals surface area contributed by atoms with Gasteiger partial charge in [-0.3, -0.25) is 0 Å².